The normalized spacial score (nSPS) is 29.9. The average molecular weight is 643 g/mol. The molecule has 5 aliphatic rings. The van der Waals surface area contributed by atoms with Gasteiger partial charge in [0.15, 0.2) is 0 Å². The Morgan fingerprint density at radius 2 is 1.63 bits per heavy atom. The summed E-state index contributed by atoms with van der Waals surface area (Å²) in [5.41, 5.74) is 7.96. The molecular formula is C37H66N6O3+2. The van der Waals surface area contributed by atoms with Crippen LogP contribution in [0.4, 0.5) is 0 Å². The lowest BCUT2D eigenvalue weighted by Gasteiger charge is -2.35. The Hall–Kier alpha value is -2.29. The van der Waals surface area contributed by atoms with Gasteiger partial charge >= 0.3 is 17.9 Å². The first-order chi connectivity index (χ1) is 22.2. The number of unbranched alkanes of at least 4 members (excludes halogenated alkanes) is 8. The first-order valence-electron chi connectivity index (χ1n) is 19.2. The second-order valence-electron chi connectivity index (χ2n) is 15.4. The fourth-order valence-electron chi connectivity index (χ4n) is 9.15. The van der Waals surface area contributed by atoms with Crippen molar-refractivity contribution in [3.63, 3.8) is 0 Å². The predicted molar refractivity (Wildman–Crippen MR) is 185 cm³/mol. The molecule has 0 bridgehead atoms. The molecule has 9 heteroatoms. The van der Waals surface area contributed by atoms with Crippen LogP contribution < -0.4 is 21.7 Å². The topological polar surface area (TPSA) is 115 Å². The van der Waals surface area contributed by atoms with Gasteiger partial charge in [0.2, 0.25) is 0 Å². The van der Waals surface area contributed by atoms with Gasteiger partial charge in [-0.05, 0) is 72.1 Å². The van der Waals surface area contributed by atoms with E-state index in [0.717, 1.165) is 56.3 Å². The van der Waals surface area contributed by atoms with Crippen molar-refractivity contribution in [2.24, 2.45) is 5.73 Å². The molecule has 6 N–H and O–H groups in total. The summed E-state index contributed by atoms with van der Waals surface area (Å²) in [6.45, 7) is 8.49. The van der Waals surface area contributed by atoms with Crippen LogP contribution in [-0.2, 0) is 9.53 Å². The number of guanidine groups is 2. The molecule has 0 unspecified atom stereocenters. The summed E-state index contributed by atoms with van der Waals surface area (Å²) in [7, 11) is 0. The Bertz CT molecular complexity index is 1130. The van der Waals surface area contributed by atoms with E-state index in [-0.39, 0.29) is 30.3 Å². The number of ether oxygens (including phenoxy) is 1. The zero-order valence-corrected chi connectivity index (χ0v) is 29.5. The molecule has 9 nitrogen and oxygen atoms in total. The highest BCUT2D eigenvalue weighted by Gasteiger charge is 2.46. The Kier molecular flexibility index (Phi) is 12.7. The fourth-order valence-corrected chi connectivity index (χ4v) is 9.15. The third kappa shape index (κ3) is 8.78. The quantitative estimate of drug-likeness (QED) is 0.0800. The summed E-state index contributed by atoms with van der Waals surface area (Å²) >= 11 is 0. The number of aliphatic hydroxyl groups is 1. The summed E-state index contributed by atoms with van der Waals surface area (Å²) in [6.07, 6.45) is 22.3. The van der Waals surface area contributed by atoms with E-state index in [0.29, 0.717) is 30.0 Å². The van der Waals surface area contributed by atoms with Crippen LogP contribution in [0.2, 0.25) is 0 Å². The molecule has 2 saturated heterocycles. The second-order valence-corrected chi connectivity index (χ2v) is 15.4. The molecule has 0 amide bonds. The van der Waals surface area contributed by atoms with Crippen molar-refractivity contribution in [2.45, 2.75) is 205 Å². The Labute approximate surface area is 278 Å². The Morgan fingerprint density at radius 3 is 2.41 bits per heavy atom. The van der Waals surface area contributed by atoms with Gasteiger partial charge in [-0.25, -0.2) is 10.1 Å². The lowest BCUT2D eigenvalue weighted by Crippen LogP contribution is -2.61. The number of allylic oxidation sites excluding steroid dienone is 1. The molecule has 5 rings (SSSR count). The molecular weight excluding hydrogens is 576 g/mol. The minimum atomic E-state index is -0.331. The van der Waals surface area contributed by atoms with Crippen LogP contribution in [0.25, 0.3) is 0 Å². The third-order valence-corrected chi connectivity index (χ3v) is 11.5. The Balaban J connectivity index is 0.975. The van der Waals surface area contributed by atoms with E-state index in [9.17, 15) is 9.90 Å². The summed E-state index contributed by atoms with van der Waals surface area (Å²) in [6, 6.07) is 2.72. The molecule has 0 saturated carbocycles. The van der Waals surface area contributed by atoms with Gasteiger partial charge in [0.05, 0.1) is 48.1 Å². The number of nitrogens with one attached hydrogen (secondary N) is 3. The molecule has 5 aliphatic heterocycles. The van der Waals surface area contributed by atoms with E-state index in [1.54, 1.807) is 0 Å². The molecule has 0 aliphatic carbocycles. The summed E-state index contributed by atoms with van der Waals surface area (Å²) in [5.74, 6) is 1.69. The van der Waals surface area contributed by atoms with Gasteiger partial charge in [-0.1, -0.05) is 64.7 Å². The lowest BCUT2D eigenvalue weighted by atomic mass is 9.97. The van der Waals surface area contributed by atoms with Crippen molar-refractivity contribution in [1.29, 1.82) is 0 Å². The highest BCUT2D eigenvalue weighted by molar-refractivity contribution is 5.93. The zero-order chi connectivity index (χ0) is 32.6. The SMILES string of the molecule is CCCCCCC[C@H](O)C[C@@H]1CC[C@H]2C(C(=O)O[C@@H](C)CCCCCCC[C@@H]3C[C@@H]4CC[C@@H]5C[C@H](C)NC(=[N+]54)N3)=C(C)NC(N)=[N+]12. The molecule has 0 aromatic heterocycles. The molecule has 0 radical (unpaired) electrons. The maximum Gasteiger partial charge on any atom is 0.348 e. The number of carbonyl (C=O) groups is 1. The number of esters is 1. The van der Waals surface area contributed by atoms with Crippen molar-refractivity contribution in [1.82, 2.24) is 16.0 Å². The summed E-state index contributed by atoms with van der Waals surface area (Å²) in [5, 5.41) is 21.6. The van der Waals surface area contributed by atoms with Crippen LogP contribution >= 0.6 is 0 Å². The lowest BCUT2D eigenvalue weighted by molar-refractivity contribution is -0.593. The number of nitrogens with two attached hydrogens (primary N) is 1. The van der Waals surface area contributed by atoms with Crippen LogP contribution in [0.5, 0.6) is 0 Å². The van der Waals surface area contributed by atoms with Gasteiger partial charge in [0.25, 0.3) is 0 Å². The molecule has 8 atom stereocenters. The highest BCUT2D eigenvalue weighted by atomic mass is 16.5. The predicted octanol–water partition coefficient (Wildman–Crippen LogP) is 5.14. The van der Waals surface area contributed by atoms with Gasteiger partial charge in [-0.2, -0.15) is 0 Å². The van der Waals surface area contributed by atoms with Gasteiger partial charge in [-0.3, -0.25) is 25.5 Å². The second kappa shape index (κ2) is 16.7. The highest BCUT2D eigenvalue weighted by Crippen LogP contribution is 2.33. The maximum absolute atomic E-state index is 13.4. The van der Waals surface area contributed by atoms with Crippen LogP contribution in [-0.4, -0.2) is 80.6 Å². The van der Waals surface area contributed by atoms with Crippen LogP contribution in [0.1, 0.15) is 156 Å². The molecule has 46 heavy (non-hydrogen) atoms. The third-order valence-electron chi connectivity index (χ3n) is 11.5. The van der Waals surface area contributed by atoms with E-state index in [1.807, 2.05) is 13.8 Å². The van der Waals surface area contributed by atoms with Crippen LogP contribution in [0.3, 0.4) is 0 Å². The zero-order valence-electron chi connectivity index (χ0n) is 29.5. The minimum Gasteiger partial charge on any atom is -0.459 e. The standard InChI is InChI=1S/C37H64N6O3/c1-5-6-7-9-14-17-32(44)24-31-20-21-33-34(27(4)40-36(38)43(31)33)35(45)46-26(3)15-12-10-8-11-13-16-28-23-30-19-18-29-22-25(2)39-37(41-28)42(29)30/h25-26,28-33,44H,5-24H2,1-4H3,(H3,38,39,40,41,45)/p+2/t25-,26-,28+,29+,30-,31-,32-,33-/m0/s1. The minimum absolute atomic E-state index is 0.0739. The number of nitrogens with zero attached hydrogens (tertiary/aromatic N) is 2. The van der Waals surface area contributed by atoms with E-state index in [1.165, 1.54) is 89.4 Å². The van der Waals surface area contributed by atoms with E-state index in [4.69, 9.17) is 10.5 Å². The number of aliphatic hydroxyl groups excluding tert-OH is 1. The molecule has 0 spiro atoms. The fraction of sp³-hybridized carbons (Fsp3) is 0.865. The number of carbonyl (C=O) groups excluding carboxylic acids is 1. The summed E-state index contributed by atoms with van der Waals surface area (Å²) in [4.78, 5) is 13.4. The number of hydrogen-bond donors (Lipinski definition) is 5. The number of fused-ring (bicyclic) bond motifs is 1. The first-order valence-corrected chi connectivity index (χ1v) is 19.2. The molecule has 260 valence electrons. The molecule has 0 aromatic carbocycles. The van der Waals surface area contributed by atoms with Crippen molar-refractivity contribution in [3.05, 3.63) is 11.3 Å². The first kappa shape index (κ1) is 35.0. The maximum atomic E-state index is 13.4. The Morgan fingerprint density at radius 1 is 0.935 bits per heavy atom. The van der Waals surface area contributed by atoms with Crippen LogP contribution in [0.15, 0.2) is 11.3 Å². The number of rotatable bonds is 18. The van der Waals surface area contributed by atoms with Crippen molar-refractivity contribution >= 4 is 17.9 Å². The largest absolute Gasteiger partial charge is 0.459 e. The monoisotopic (exact) mass is 643 g/mol. The number of hydrogen-bond acceptors (Lipinski definition) is 7. The van der Waals surface area contributed by atoms with Crippen molar-refractivity contribution in [2.75, 3.05) is 0 Å². The smallest absolute Gasteiger partial charge is 0.348 e. The van der Waals surface area contributed by atoms with Crippen molar-refractivity contribution < 1.29 is 23.8 Å². The van der Waals surface area contributed by atoms with E-state index in [2.05, 4.69) is 38.9 Å². The summed E-state index contributed by atoms with van der Waals surface area (Å²) < 4.78 is 10.8. The van der Waals surface area contributed by atoms with Gasteiger partial charge in [0, 0.05) is 19.3 Å². The van der Waals surface area contributed by atoms with Gasteiger partial charge in [0.1, 0.15) is 11.6 Å². The van der Waals surface area contributed by atoms with E-state index < -0.39 is 0 Å². The van der Waals surface area contributed by atoms with Crippen molar-refractivity contribution in [3.8, 4) is 0 Å². The molecule has 5 heterocycles. The molecule has 0 aromatic rings. The average Bonchev–Trinajstić information content (AvgIpc) is 3.61. The van der Waals surface area contributed by atoms with Gasteiger partial charge in [-0.15, -0.1) is 0 Å². The molecule has 2 fully saturated rings. The van der Waals surface area contributed by atoms with Gasteiger partial charge < -0.3 is 9.84 Å². The van der Waals surface area contributed by atoms with Crippen LogP contribution in [0, 0.1) is 0 Å². The van der Waals surface area contributed by atoms with E-state index >= 15 is 0 Å².